The van der Waals surface area contributed by atoms with Crippen molar-refractivity contribution in [2.24, 2.45) is 0 Å². The average molecular weight is 542 g/mol. The van der Waals surface area contributed by atoms with Gasteiger partial charge in [0, 0.05) is 18.0 Å². The number of anilines is 1. The molecule has 194 valence electrons. The van der Waals surface area contributed by atoms with Crippen LogP contribution in [0.5, 0.6) is 0 Å². The van der Waals surface area contributed by atoms with Crippen LogP contribution in [0.1, 0.15) is 30.9 Å². The van der Waals surface area contributed by atoms with Gasteiger partial charge in [0.25, 0.3) is 0 Å². The number of aromatic nitrogens is 4. The standard InChI is InChI=1S/C17H19ClN5O4P.C4H6O4/c18-13-3-1-2-12(8-13)14-4-6-26-28(24,27-14)11-25-7-5-23-10-22-15-16(19)20-9-21-17(15)23;5-3(6)1-2-4(7)8/h1-3,8-10,14H,4-7,11H2,(H2,19,20,21);1-2H2,(H,5,6)(H,7,8)/t14-,28+;/m0./s1. The number of fused-ring (bicyclic) bond motifs is 1. The first-order valence-corrected chi connectivity index (χ1v) is 12.9. The lowest BCUT2D eigenvalue weighted by Crippen LogP contribution is -2.17. The average Bonchev–Trinajstić information content (AvgIpc) is 3.25. The number of hydrogen-bond acceptors (Lipinski definition) is 10. The van der Waals surface area contributed by atoms with Crippen LogP contribution < -0.4 is 5.73 Å². The van der Waals surface area contributed by atoms with Gasteiger partial charge in [-0.15, -0.1) is 0 Å². The molecule has 4 rings (SSSR count). The van der Waals surface area contributed by atoms with Gasteiger partial charge < -0.3 is 29.8 Å². The normalized spacial score (nSPS) is 19.4. The molecule has 0 bridgehead atoms. The SMILES string of the molecule is Nc1ncnc2c1ncn2CCOC[P@@]1(=O)OCC[C@@H](c2cccc(Cl)c2)O1.O=C(O)CCC(=O)O. The van der Waals surface area contributed by atoms with Gasteiger partial charge in [0.05, 0.1) is 38.5 Å². The van der Waals surface area contributed by atoms with Gasteiger partial charge in [0.2, 0.25) is 0 Å². The van der Waals surface area contributed by atoms with Crippen molar-refractivity contribution in [1.29, 1.82) is 0 Å². The molecule has 0 saturated carbocycles. The van der Waals surface area contributed by atoms with Crippen LogP contribution in [0.25, 0.3) is 11.2 Å². The van der Waals surface area contributed by atoms with Gasteiger partial charge in [-0.25, -0.2) is 15.0 Å². The Hall–Kier alpha value is -3.09. The Morgan fingerprint density at radius 3 is 2.67 bits per heavy atom. The summed E-state index contributed by atoms with van der Waals surface area (Å²) >= 11 is 6.03. The Morgan fingerprint density at radius 2 is 1.97 bits per heavy atom. The monoisotopic (exact) mass is 541 g/mol. The molecule has 1 fully saturated rings. The molecule has 36 heavy (non-hydrogen) atoms. The Morgan fingerprint density at radius 1 is 1.22 bits per heavy atom. The van der Waals surface area contributed by atoms with Gasteiger partial charge in [-0.3, -0.25) is 18.7 Å². The van der Waals surface area contributed by atoms with Crippen LogP contribution in [0.4, 0.5) is 5.82 Å². The van der Waals surface area contributed by atoms with E-state index in [1.54, 1.807) is 23.0 Å². The second-order valence-electron chi connectivity index (χ2n) is 7.58. The van der Waals surface area contributed by atoms with Crippen molar-refractivity contribution in [3.05, 3.63) is 47.5 Å². The number of carboxylic acid groups (broad SMARTS) is 2. The van der Waals surface area contributed by atoms with E-state index in [1.165, 1.54) is 6.33 Å². The number of imidazole rings is 1. The molecule has 1 aliphatic heterocycles. The topological polar surface area (TPSA) is 189 Å². The quantitative estimate of drug-likeness (QED) is 0.265. The molecule has 2 aromatic heterocycles. The lowest BCUT2D eigenvalue weighted by atomic mass is 10.1. The highest BCUT2D eigenvalue weighted by Gasteiger charge is 2.34. The molecule has 0 unspecified atom stereocenters. The molecule has 1 aromatic carbocycles. The first-order chi connectivity index (χ1) is 17.2. The summed E-state index contributed by atoms with van der Waals surface area (Å²) in [5, 5.41) is 16.4. The van der Waals surface area contributed by atoms with Gasteiger partial charge in [-0.05, 0) is 17.7 Å². The minimum absolute atomic E-state index is 0.131. The smallest absolute Gasteiger partial charge is 0.356 e. The molecule has 13 nitrogen and oxygen atoms in total. The van der Waals surface area contributed by atoms with Crippen molar-refractivity contribution >= 4 is 48.1 Å². The van der Waals surface area contributed by atoms with Crippen molar-refractivity contribution in [2.75, 3.05) is 25.3 Å². The molecule has 4 N–H and O–H groups in total. The lowest BCUT2D eigenvalue weighted by molar-refractivity contribution is -0.143. The first kappa shape index (κ1) is 27.5. The van der Waals surface area contributed by atoms with Crippen molar-refractivity contribution in [1.82, 2.24) is 19.5 Å². The predicted octanol–water partition coefficient (Wildman–Crippen LogP) is 3.34. The van der Waals surface area contributed by atoms with Gasteiger partial charge in [0.1, 0.15) is 18.2 Å². The molecular formula is C21H25ClN5O8P. The maximum atomic E-state index is 12.9. The minimum atomic E-state index is -3.35. The number of halogens is 1. The lowest BCUT2D eigenvalue weighted by Gasteiger charge is -2.30. The first-order valence-electron chi connectivity index (χ1n) is 10.8. The zero-order chi connectivity index (χ0) is 26.1. The fourth-order valence-corrected chi connectivity index (χ4v) is 4.94. The largest absolute Gasteiger partial charge is 0.481 e. The maximum Gasteiger partial charge on any atom is 0.356 e. The summed E-state index contributed by atoms with van der Waals surface area (Å²) in [4.78, 5) is 31.6. The zero-order valence-electron chi connectivity index (χ0n) is 19.0. The third-order valence-electron chi connectivity index (χ3n) is 4.88. The Bertz CT molecular complexity index is 1240. The molecule has 1 aliphatic rings. The van der Waals surface area contributed by atoms with Crippen LogP contribution in [0.15, 0.2) is 36.9 Å². The van der Waals surface area contributed by atoms with Crippen LogP contribution in [0.3, 0.4) is 0 Å². The molecule has 15 heteroatoms. The predicted molar refractivity (Wildman–Crippen MR) is 129 cm³/mol. The van der Waals surface area contributed by atoms with Gasteiger partial charge in [0.15, 0.2) is 11.5 Å². The molecule has 0 amide bonds. The number of rotatable bonds is 9. The Labute approximate surface area is 210 Å². The number of carboxylic acids is 2. The summed E-state index contributed by atoms with van der Waals surface area (Å²) in [6, 6.07) is 7.32. The van der Waals surface area contributed by atoms with E-state index < -0.39 is 19.5 Å². The summed E-state index contributed by atoms with van der Waals surface area (Å²) in [6.45, 7) is 1.08. The summed E-state index contributed by atoms with van der Waals surface area (Å²) < 4.78 is 31.3. The van der Waals surface area contributed by atoms with Crippen molar-refractivity contribution in [2.45, 2.75) is 31.9 Å². The third kappa shape index (κ3) is 7.97. The molecule has 0 aliphatic carbocycles. The summed E-state index contributed by atoms with van der Waals surface area (Å²) in [5.74, 6) is -1.83. The second-order valence-corrected chi connectivity index (χ2v) is 9.96. The van der Waals surface area contributed by atoms with Gasteiger partial charge >= 0.3 is 19.5 Å². The highest BCUT2D eigenvalue weighted by Crippen LogP contribution is 2.56. The number of nitrogens with zero attached hydrogens (tertiary/aromatic N) is 4. The molecule has 0 radical (unpaired) electrons. The van der Waals surface area contributed by atoms with Crippen molar-refractivity contribution in [3.63, 3.8) is 0 Å². The number of carbonyl (C=O) groups is 2. The number of benzene rings is 1. The number of ether oxygens (including phenoxy) is 1. The van der Waals surface area contributed by atoms with Crippen molar-refractivity contribution in [3.8, 4) is 0 Å². The van der Waals surface area contributed by atoms with E-state index in [0.29, 0.717) is 41.6 Å². The zero-order valence-corrected chi connectivity index (χ0v) is 20.7. The maximum absolute atomic E-state index is 12.9. The van der Waals surface area contributed by atoms with E-state index in [2.05, 4.69) is 15.0 Å². The van der Waals surface area contributed by atoms with Gasteiger partial charge in [-0.2, -0.15) is 0 Å². The molecule has 0 spiro atoms. The second kappa shape index (κ2) is 12.7. The molecule has 2 atom stereocenters. The van der Waals surface area contributed by atoms with Crippen molar-refractivity contribution < 1.29 is 38.2 Å². The molecule has 3 aromatic rings. The van der Waals surface area contributed by atoms with Crippen LogP contribution >= 0.6 is 19.2 Å². The fourth-order valence-electron chi connectivity index (χ4n) is 3.19. The summed E-state index contributed by atoms with van der Waals surface area (Å²) in [7, 11) is -3.35. The number of aliphatic carboxylic acids is 2. The fraction of sp³-hybridized carbons (Fsp3) is 0.381. The van der Waals surface area contributed by atoms with E-state index in [9.17, 15) is 14.2 Å². The van der Waals surface area contributed by atoms with E-state index in [-0.39, 0.29) is 31.9 Å². The third-order valence-corrected chi connectivity index (χ3v) is 6.77. The van der Waals surface area contributed by atoms with E-state index in [0.717, 1.165) is 5.56 Å². The van der Waals surface area contributed by atoms with Crippen LogP contribution in [-0.4, -0.2) is 61.2 Å². The summed E-state index contributed by atoms with van der Waals surface area (Å²) in [6.07, 6.45) is 2.54. The molecular weight excluding hydrogens is 517 g/mol. The number of nitrogens with two attached hydrogens (primary N) is 1. The molecule has 3 heterocycles. The van der Waals surface area contributed by atoms with Crippen LogP contribution in [-0.2, 0) is 34.5 Å². The van der Waals surface area contributed by atoms with Gasteiger partial charge in [-0.1, -0.05) is 23.7 Å². The highest BCUT2D eigenvalue weighted by atomic mass is 35.5. The Balaban J connectivity index is 0.000000392. The highest BCUT2D eigenvalue weighted by molar-refractivity contribution is 7.53. The van der Waals surface area contributed by atoms with E-state index in [1.807, 2.05) is 12.1 Å². The Kier molecular flexibility index (Phi) is 9.73. The summed E-state index contributed by atoms with van der Waals surface area (Å²) in [5.41, 5.74) is 7.81. The number of hydrogen-bond donors (Lipinski definition) is 3. The molecule has 1 saturated heterocycles. The van der Waals surface area contributed by atoms with Crippen LogP contribution in [0, 0.1) is 0 Å². The number of nitrogen functional groups attached to an aromatic ring is 1. The van der Waals surface area contributed by atoms with E-state index in [4.69, 9.17) is 41.3 Å². The minimum Gasteiger partial charge on any atom is -0.481 e. The van der Waals surface area contributed by atoms with E-state index >= 15 is 0 Å². The van der Waals surface area contributed by atoms with Crippen LogP contribution in [0.2, 0.25) is 5.02 Å².